The molecule has 1 heterocycles. The first kappa shape index (κ1) is 35.5. The average Bonchev–Trinajstić information content (AvgIpc) is 3.14. The number of carbonyl (C=O) groups is 4. The minimum atomic E-state index is -5.35. The van der Waals surface area contributed by atoms with Gasteiger partial charge >= 0.3 is 18.1 Å². The molecule has 4 rings (SSSR count). The molecule has 0 saturated carbocycles. The number of halogens is 3. The van der Waals surface area contributed by atoms with Gasteiger partial charge in [-0.25, -0.2) is 4.79 Å². The van der Waals surface area contributed by atoms with E-state index in [9.17, 15) is 32.3 Å². The summed E-state index contributed by atoms with van der Waals surface area (Å²) in [6.07, 6.45) is -1.99. The summed E-state index contributed by atoms with van der Waals surface area (Å²) < 4.78 is 47.4. The number of rotatable bonds is 14. The summed E-state index contributed by atoms with van der Waals surface area (Å²) in [7, 11) is 0. The lowest BCUT2D eigenvalue weighted by molar-refractivity contribution is -0.201. The van der Waals surface area contributed by atoms with Crippen molar-refractivity contribution in [2.75, 3.05) is 24.5 Å². The van der Waals surface area contributed by atoms with Gasteiger partial charge in [0.1, 0.15) is 18.0 Å². The van der Waals surface area contributed by atoms with E-state index in [4.69, 9.17) is 16.2 Å². The predicted octanol–water partition coefficient (Wildman–Crippen LogP) is 4.87. The number of ether oxygens (including phenoxy) is 2. The van der Waals surface area contributed by atoms with Gasteiger partial charge in [-0.1, -0.05) is 49.2 Å². The second kappa shape index (κ2) is 16.4. The highest BCUT2D eigenvalue weighted by molar-refractivity contribution is 6.09. The average molecular weight is 668 g/mol. The molecule has 1 aliphatic rings. The minimum absolute atomic E-state index is 0.0481. The van der Waals surface area contributed by atoms with Gasteiger partial charge in [-0.15, -0.1) is 0 Å². The van der Waals surface area contributed by atoms with Crippen LogP contribution in [0.25, 0.3) is 0 Å². The maximum atomic E-state index is 13.7. The number of para-hydroxylation sites is 1. The van der Waals surface area contributed by atoms with Crippen LogP contribution in [0.2, 0.25) is 0 Å². The Morgan fingerprint density at radius 2 is 1.52 bits per heavy atom. The molecule has 254 valence electrons. The summed E-state index contributed by atoms with van der Waals surface area (Å²) >= 11 is 0. The number of amides is 2. The number of esters is 2. The third-order valence-electron chi connectivity index (χ3n) is 7.43. The molecule has 0 aromatic heterocycles. The number of carbonyl (C=O) groups excluding carboxylic acids is 4. The van der Waals surface area contributed by atoms with Gasteiger partial charge in [0.05, 0.1) is 24.2 Å². The highest BCUT2D eigenvalue weighted by Gasteiger charge is 2.42. The van der Waals surface area contributed by atoms with E-state index in [1.807, 2.05) is 36.4 Å². The zero-order valence-electron chi connectivity index (χ0n) is 26.1. The highest BCUT2D eigenvalue weighted by Crippen LogP contribution is 2.30. The topological polar surface area (TPSA) is 158 Å². The van der Waals surface area contributed by atoms with Crippen molar-refractivity contribution in [3.63, 3.8) is 0 Å². The second-order valence-electron chi connectivity index (χ2n) is 11.1. The van der Waals surface area contributed by atoms with Crippen LogP contribution in [0.15, 0.2) is 77.8 Å². The SMILES string of the molecule is NC(N)=NCCCCCCc1ccc2c(c1)C(=O)N(CCC(=O)OC(=O)C(F)(F)F)CC(=O)N2Cc1ccc(Oc2ccccc2)cc1. The van der Waals surface area contributed by atoms with E-state index in [0.29, 0.717) is 30.2 Å². The molecule has 48 heavy (non-hydrogen) atoms. The number of alkyl halides is 3. The Labute approximate surface area is 275 Å². The predicted molar refractivity (Wildman–Crippen MR) is 171 cm³/mol. The van der Waals surface area contributed by atoms with Crippen molar-refractivity contribution in [1.82, 2.24) is 4.90 Å². The number of nitrogens with two attached hydrogens (primary N) is 2. The van der Waals surface area contributed by atoms with Crippen LogP contribution >= 0.6 is 0 Å². The summed E-state index contributed by atoms with van der Waals surface area (Å²) in [4.78, 5) is 56.9. The Morgan fingerprint density at radius 1 is 0.854 bits per heavy atom. The number of aryl methyl sites for hydroxylation is 1. The van der Waals surface area contributed by atoms with Gasteiger partial charge in [-0.3, -0.25) is 19.4 Å². The van der Waals surface area contributed by atoms with Crippen LogP contribution in [0.5, 0.6) is 11.5 Å². The van der Waals surface area contributed by atoms with Crippen molar-refractivity contribution < 1.29 is 41.8 Å². The quantitative estimate of drug-likeness (QED) is 0.0811. The number of nitrogens with zero attached hydrogens (tertiary/aromatic N) is 3. The molecule has 0 spiro atoms. The molecular weight excluding hydrogens is 631 g/mol. The van der Waals surface area contributed by atoms with Crippen LogP contribution in [0, 0.1) is 0 Å². The van der Waals surface area contributed by atoms with E-state index < -0.39 is 49.4 Å². The van der Waals surface area contributed by atoms with Crippen molar-refractivity contribution in [3.8, 4) is 11.5 Å². The summed E-state index contributed by atoms with van der Waals surface area (Å²) in [5.74, 6) is -3.87. The number of aliphatic imine (C=N–C) groups is 1. The maximum Gasteiger partial charge on any atom is 0.491 e. The Kier molecular flexibility index (Phi) is 12.1. The standard InChI is InChI=1S/C34H36F3N5O6/c35-34(36,37)32(46)48-30(44)17-19-41-22-29(43)42(21-24-11-14-26(15-12-24)47-25-9-5-3-6-10-25)28-16-13-23(20-27(28)31(41)45)8-4-1-2-7-18-40-33(38)39/h3,5-6,9-16,20H,1-2,4,7-8,17-19,21-22H2,(H4,38,39,40). The fourth-order valence-electron chi connectivity index (χ4n) is 5.04. The van der Waals surface area contributed by atoms with Crippen LogP contribution in [0.4, 0.5) is 18.9 Å². The first-order valence-electron chi connectivity index (χ1n) is 15.3. The van der Waals surface area contributed by atoms with Gasteiger partial charge in [0, 0.05) is 13.1 Å². The van der Waals surface area contributed by atoms with E-state index in [0.717, 1.165) is 41.7 Å². The number of fused-ring (bicyclic) bond motifs is 1. The number of benzene rings is 3. The molecule has 0 saturated heterocycles. The molecule has 2 amide bonds. The van der Waals surface area contributed by atoms with Crippen LogP contribution in [0.1, 0.15) is 53.6 Å². The number of guanidine groups is 1. The lowest BCUT2D eigenvalue weighted by Crippen LogP contribution is -2.40. The Hall–Kier alpha value is -5.40. The molecule has 4 N–H and O–H groups in total. The third-order valence-corrected chi connectivity index (χ3v) is 7.43. The molecule has 1 aliphatic heterocycles. The smallest absolute Gasteiger partial charge is 0.457 e. The molecule has 0 atom stereocenters. The van der Waals surface area contributed by atoms with Gasteiger partial charge in [-0.05, 0) is 66.8 Å². The molecule has 3 aromatic rings. The van der Waals surface area contributed by atoms with Gasteiger partial charge in [0.2, 0.25) is 5.91 Å². The van der Waals surface area contributed by atoms with Crippen molar-refractivity contribution in [2.45, 2.75) is 51.2 Å². The molecule has 11 nitrogen and oxygen atoms in total. The van der Waals surface area contributed by atoms with E-state index >= 15 is 0 Å². The largest absolute Gasteiger partial charge is 0.491 e. The first-order chi connectivity index (χ1) is 22.9. The fraction of sp³-hybridized carbons (Fsp3) is 0.324. The molecule has 14 heteroatoms. The van der Waals surface area contributed by atoms with Gasteiger partial charge in [0.25, 0.3) is 5.91 Å². The lowest BCUT2D eigenvalue weighted by Gasteiger charge is -2.23. The van der Waals surface area contributed by atoms with Gasteiger partial charge in [0.15, 0.2) is 5.96 Å². The van der Waals surface area contributed by atoms with Crippen LogP contribution in [-0.2, 0) is 32.1 Å². The monoisotopic (exact) mass is 667 g/mol. The highest BCUT2D eigenvalue weighted by atomic mass is 19.4. The maximum absolute atomic E-state index is 13.7. The van der Waals surface area contributed by atoms with Crippen LogP contribution in [-0.4, -0.2) is 60.4 Å². The summed E-state index contributed by atoms with van der Waals surface area (Å²) in [5, 5.41) is 0. The zero-order chi connectivity index (χ0) is 34.7. The molecule has 0 bridgehead atoms. The number of unbranched alkanes of at least 4 members (excludes halogenated alkanes) is 3. The van der Waals surface area contributed by atoms with Crippen LogP contribution < -0.4 is 21.1 Å². The Morgan fingerprint density at radius 3 is 2.21 bits per heavy atom. The summed E-state index contributed by atoms with van der Waals surface area (Å²) in [6.45, 7) is -0.242. The number of anilines is 1. The number of hydrogen-bond acceptors (Lipinski definition) is 7. The van der Waals surface area contributed by atoms with E-state index in [2.05, 4.69) is 9.73 Å². The van der Waals surface area contributed by atoms with E-state index in [-0.39, 0.29) is 18.1 Å². The fourth-order valence-corrected chi connectivity index (χ4v) is 5.04. The third kappa shape index (κ3) is 10.3. The molecule has 0 fully saturated rings. The molecule has 0 radical (unpaired) electrons. The van der Waals surface area contributed by atoms with E-state index in [1.54, 1.807) is 36.4 Å². The normalized spacial score (nSPS) is 13.1. The number of hydrogen-bond donors (Lipinski definition) is 2. The Bertz CT molecular complexity index is 1630. The summed E-state index contributed by atoms with van der Waals surface area (Å²) in [6, 6.07) is 21.6. The minimum Gasteiger partial charge on any atom is -0.457 e. The van der Waals surface area contributed by atoms with Crippen molar-refractivity contribution in [1.29, 1.82) is 0 Å². The molecule has 0 unspecified atom stereocenters. The van der Waals surface area contributed by atoms with Gasteiger partial charge in [-0.2, -0.15) is 13.2 Å². The zero-order valence-corrected chi connectivity index (χ0v) is 26.1. The van der Waals surface area contributed by atoms with E-state index in [1.165, 1.54) is 4.90 Å². The summed E-state index contributed by atoms with van der Waals surface area (Å²) in [5.41, 5.74) is 12.8. The molecular formula is C34H36F3N5O6. The second-order valence-corrected chi connectivity index (χ2v) is 11.1. The van der Waals surface area contributed by atoms with Crippen LogP contribution in [0.3, 0.4) is 0 Å². The first-order valence-corrected chi connectivity index (χ1v) is 15.3. The van der Waals surface area contributed by atoms with Crippen molar-refractivity contribution in [2.24, 2.45) is 16.5 Å². The molecule has 3 aromatic carbocycles. The lowest BCUT2D eigenvalue weighted by atomic mass is 10.0. The van der Waals surface area contributed by atoms with Gasteiger partial charge < -0.3 is 30.7 Å². The van der Waals surface area contributed by atoms with Crippen molar-refractivity contribution in [3.05, 3.63) is 89.5 Å². The van der Waals surface area contributed by atoms with Crippen molar-refractivity contribution >= 4 is 35.4 Å². The molecule has 0 aliphatic carbocycles. The Balaban J connectivity index is 1.51.